The molecule has 0 aliphatic rings. The third-order valence-electron chi connectivity index (χ3n) is 2.47. The largest absolute Gasteiger partial charge is 0.390 e. The lowest BCUT2D eigenvalue weighted by atomic mass is 10.1. The van der Waals surface area contributed by atoms with E-state index in [-0.39, 0.29) is 0 Å². The molecular formula is C11H20N2O2. The van der Waals surface area contributed by atoms with Crippen molar-refractivity contribution in [3.05, 3.63) is 18.0 Å². The molecule has 1 heterocycles. The maximum Gasteiger partial charge on any atom is 0.0854 e. The lowest BCUT2D eigenvalue weighted by Crippen LogP contribution is -2.27. The number of aliphatic hydroxyl groups is 2. The Balaban J connectivity index is 2.57. The Bertz CT molecular complexity index is 297. The van der Waals surface area contributed by atoms with E-state index in [9.17, 15) is 10.2 Å². The Hall–Kier alpha value is -0.870. The molecule has 0 spiro atoms. The molecule has 0 bridgehead atoms. The van der Waals surface area contributed by atoms with Crippen LogP contribution in [0.15, 0.2) is 12.3 Å². The molecule has 4 heteroatoms. The molecule has 0 saturated heterocycles. The van der Waals surface area contributed by atoms with E-state index in [0.29, 0.717) is 18.9 Å². The zero-order valence-corrected chi connectivity index (χ0v) is 9.59. The number of nitrogens with zero attached hydrogens (tertiary/aromatic N) is 2. The van der Waals surface area contributed by atoms with Crippen LogP contribution in [-0.4, -0.2) is 32.2 Å². The van der Waals surface area contributed by atoms with E-state index in [1.807, 2.05) is 37.7 Å². The predicted molar refractivity (Wildman–Crippen MR) is 58.6 cm³/mol. The molecule has 0 aliphatic carbocycles. The van der Waals surface area contributed by atoms with Crippen molar-refractivity contribution >= 4 is 0 Å². The summed E-state index contributed by atoms with van der Waals surface area (Å²) >= 11 is 0. The van der Waals surface area contributed by atoms with Gasteiger partial charge in [0.15, 0.2) is 0 Å². The first-order valence-corrected chi connectivity index (χ1v) is 5.44. The van der Waals surface area contributed by atoms with Crippen molar-refractivity contribution < 1.29 is 10.2 Å². The van der Waals surface area contributed by atoms with Crippen molar-refractivity contribution in [2.75, 3.05) is 0 Å². The third kappa shape index (κ3) is 3.32. The van der Waals surface area contributed by atoms with Crippen molar-refractivity contribution in [2.45, 2.75) is 51.9 Å². The van der Waals surface area contributed by atoms with Crippen LogP contribution in [0.2, 0.25) is 0 Å². The van der Waals surface area contributed by atoms with E-state index in [1.165, 1.54) is 0 Å². The van der Waals surface area contributed by atoms with Crippen LogP contribution in [0, 0.1) is 0 Å². The van der Waals surface area contributed by atoms with E-state index >= 15 is 0 Å². The molecule has 15 heavy (non-hydrogen) atoms. The topological polar surface area (TPSA) is 58.3 Å². The fourth-order valence-corrected chi connectivity index (χ4v) is 1.40. The van der Waals surface area contributed by atoms with Gasteiger partial charge in [-0.15, -0.1) is 0 Å². The molecule has 0 aromatic carbocycles. The number of rotatable bonds is 5. The second-order valence-corrected chi connectivity index (χ2v) is 4.13. The monoisotopic (exact) mass is 212 g/mol. The van der Waals surface area contributed by atoms with Gasteiger partial charge in [-0.3, -0.25) is 4.68 Å². The molecule has 1 aromatic heterocycles. The van der Waals surface area contributed by atoms with Gasteiger partial charge in [0, 0.05) is 18.7 Å². The lowest BCUT2D eigenvalue weighted by Gasteiger charge is -2.14. The predicted octanol–water partition coefficient (Wildman–Crippen LogP) is 1.14. The second kappa shape index (κ2) is 5.28. The van der Waals surface area contributed by atoms with Gasteiger partial charge in [0.25, 0.3) is 0 Å². The number of aromatic nitrogens is 2. The normalized spacial score (nSPS) is 15.6. The average molecular weight is 212 g/mol. The minimum atomic E-state index is -0.717. The second-order valence-electron chi connectivity index (χ2n) is 4.13. The van der Waals surface area contributed by atoms with Crippen LogP contribution in [0.25, 0.3) is 0 Å². The first-order chi connectivity index (χ1) is 7.04. The SMILES string of the molecule is CCC(O)C(O)Cc1ccn(C(C)C)n1. The van der Waals surface area contributed by atoms with Crippen LogP contribution in [-0.2, 0) is 6.42 Å². The van der Waals surface area contributed by atoms with Crippen LogP contribution in [0.5, 0.6) is 0 Å². The van der Waals surface area contributed by atoms with Gasteiger partial charge in [-0.05, 0) is 26.3 Å². The summed E-state index contributed by atoms with van der Waals surface area (Å²) in [5, 5.41) is 23.4. The molecule has 2 N–H and O–H groups in total. The third-order valence-corrected chi connectivity index (χ3v) is 2.47. The zero-order valence-electron chi connectivity index (χ0n) is 9.59. The summed E-state index contributed by atoms with van der Waals surface area (Å²) in [5.74, 6) is 0. The minimum Gasteiger partial charge on any atom is -0.390 e. The Labute approximate surface area is 90.5 Å². The Morgan fingerprint density at radius 3 is 2.47 bits per heavy atom. The summed E-state index contributed by atoms with van der Waals surface area (Å²) in [4.78, 5) is 0. The van der Waals surface area contributed by atoms with Crippen LogP contribution in [0.3, 0.4) is 0 Å². The quantitative estimate of drug-likeness (QED) is 0.769. The molecular weight excluding hydrogens is 192 g/mol. The van der Waals surface area contributed by atoms with Gasteiger partial charge in [0.2, 0.25) is 0 Å². The van der Waals surface area contributed by atoms with Crippen molar-refractivity contribution in [3.8, 4) is 0 Å². The summed E-state index contributed by atoms with van der Waals surface area (Å²) in [6.45, 7) is 5.95. The van der Waals surface area contributed by atoms with Crippen LogP contribution >= 0.6 is 0 Å². The van der Waals surface area contributed by atoms with Gasteiger partial charge in [0.1, 0.15) is 0 Å². The summed E-state index contributed by atoms with van der Waals surface area (Å²) in [5.41, 5.74) is 0.823. The minimum absolute atomic E-state index is 0.326. The first kappa shape index (κ1) is 12.2. The fourth-order valence-electron chi connectivity index (χ4n) is 1.40. The molecule has 2 unspecified atom stereocenters. The number of hydrogen-bond donors (Lipinski definition) is 2. The molecule has 86 valence electrons. The van der Waals surface area contributed by atoms with Crippen molar-refractivity contribution in [1.82, 2.24) is 9.78 Å². The molecule has 0 radical (unpaired) electrons. The average Bonchev–Trinajstić information content (AvgIpc) is 2.65. The molecule has 1 rings (SSSR count). The molecule has 2 atom stereocenters. The number of aliphatic hydroxyl groups excluding tert-OH is 2. The fraction of sp³-hybridized carbons (Fsp3) is 0.727. The Kier molecular flexibility index (Phi) is 4.29. The smallest absolute Gasteiger partial charge is 0.0854 e. The highest BCUT2D eigenvalue weighted by Gasteiger charge is 2.16. The molecule has 0 amide bonds. The lowest BCUT2D eigenvalue weighted by molar-refractivity contribution is 0.0175. The van der Waals surface area contributed by atoms with E-state index in [4.69, 9.17) is 0 Å². The van der Waals surface area contributed by atoms with Crippen molar-refractivity contribution in [2.24, 2.45) is 0 Å². The van der Waals surface area contributed by atoms with Crippen molar-refractivity contribution in [3.63, 3.8) is 0 Å². The van der Waals surface area contributed by atoms with Gasteiger partial charge in [-0.2, -0.15) is 5.10 Å². The number of hydrogen-bond acceptors (Lipinski definition) is 3. The van der Waals surface area contributed by atoms with Gasteiger partial charge in [0.05, 0.1) is 17.9 Å². The molecule has 0 fully saturated rings. The maximum absolute atomic E-state index is 9.62. The standard InChI is InChI=1S/C11H20N2O2/c1-4-10(14)11(15)7-9-5-6-13(12-9)8(2)3/h5-6,8,10-11,14-15H,4,7H2,1-3H3. The molecule has 0 aliphatic heterocycles. The summed E-state index contributed by atoms with van der Waals surface area (Å²) < 4.78 is 1.85. The van der Waals surface area contributed by atoms with Gasteiger partial charge in [-0.25, -0.2) is 0 Å². The summed E-state index contributed by atoms with van der Waals surface area (Å²) in [6.07, 6.45) is 1.49. The van der Waals surface area contributed by atoms with Crippen LogP contribution < -0.4 is 0 Å². The van der Waals surface area contributed by atoms with E-state index in [1.54, 1.807) is 0 Å². The highest BCUT2D eigenvalue weighted by molar-refractivity contribution is 5.01. The van der Waals surface area contributed by atoms with Gasteiger partial charge >= 0.3 is 0 Å². The van der Waals surface area contributed by atoms with Gasteiger partial charge < -0.3 is 10.2 Å². The van der Waals surface area contributed by atoms with Gasteiger partial charge in [-0.1, -0.05) is 6.92 Å². The maximum atomic E-state index is 9.62. The first-order valence-electron chi connectivity index (χ1n) is 5.44. The molecule has 0 saturated carbocycles. The Morgan fingerprint density at radius 1 is 1.33 bits per heavy atom. The summed E-state index contributed by atoms with van der Waals surface area (Å²) in [7, 11) is 0. The zero-order chi connectivity index (χ0) is 11.4. The van der Waals surface area contributed by atoms with E-state index < -0.39 is 12.2 Å². The summed E-state index contributed by atoms with van der Waals surface area (Å²) in [6, 6.07) is 2.21. The van der Waals surface area contributed by atoms with Crippen molar-refractivity contribution in [1.29, 1.82) is 0 Å². The highest BCUT2D eigenvalue weighted by Crippen LogP contribution is 2.09. The van der Waals surface area contributed by atoms with E-state index in [2.05, 4.69) is 5.10 Å². The Morgan fingerprint density at radius 2 is 2.00 bits per heavy atom. The highest BCUT2D eigenvalue weighted by atomic mass is 16.3. The van der Waals surface area contributed by atoms with E-state index in [0.717, 1.165) is 5.69 Å². The molecule has 4 nitrogen and oxygen atoms in total. The van der Waals surface area contributed by atoms with Crippen LogP contribution in [0.1, 0.15) is 38.9 Å². The van der Waals surface area contributed by atoms with Crippen LogP contribution in [0.4, 0.5) is 0 Å². The molecule has 1 aromatic rings.